The molecule has 4 rings (SSSR count). The van der Waals surface area contributed by atoms with Crippen molar-refractivity contribution in [1.82, 2.24) is 15.1 Å². The number of alkyl carbamates (subject to hydrolysis) is 1. The van der Waals surface area contributed by atoms with E-state index in [2.05, 4.69) is 10.3 Å². The van der Waals surface area contributed by atoms with Crippen LogP contribution in [0.4, 0.5) is 19.2 Å². The standard InChI is InChI=1S/C39H46N4O10/c1-38(2,3)52-32(44)31(40-35(46)53-39(4,5)6)22-30-23-42(36(47)50-25-28-18-12-8-13-19-28)33(41-34(45)49-24-27-16-10-7-11-17-27)43(30)37(48)51-26-29-20-14-9-15-21-29/h7-21,30-31H,22-26H2,1-6H3,(H,40,46)/b41-33+/t30-,31-/m0/s1. The van der Waals surface area contributed by atoms with Crippen LogP contribution in [0.5, 0.6) is 0 Å². The minimum absolute atomic E-state index is 0.133. The molecule has 0 spiro atoms. The molecule has 1 saturated heterocycles. The van der Waals surface area contributed by atoms with Crippen LogP contribution in [0.1, 0.15) is 64.7 Å². The fourth-order valence-electron chi connectivity index (χ4n) is 5.08. The number of carbonyl (C=O) groups is 5. The molecular weight excluding hydrogens is 684 g/mol. The number of hydrogen-bond donors (Lipinski definition) is 1. The molecule has 1 heterocycles. The summed E-state index contributed by atoms with van der Waals surface area (Å²) in [6.07, 6.45) is -4.27. The normalized spacial score (nSPS) is 15.7. The van der Waals surface area contributed by atoms with Crippen LogP contribution >= 0.6 is 0 Å². The quantitative estimate of drug-likeness (QED) is 0.170. The molecule has 1 aliphatic rings. The fourth-order valence-corrected chi connectivity index (χ4v) is 5.08. The SMILES string of the molecule is CC(C)(C)OC(=O)N[C@@H](C[C@H]1CN(C(=O)OCc2ccccc2)/C(=N\C(=O)OCc2ccccc2)N1C(=O)OCc1ccccc1)C(=O)OC(C)(C)C. The topological polar surface area (TPSA) is 162 Å². The molecule has 3 aromatic rings. The van der Waals surface area contributed by atoms with Crippen molar-refractivity contribution in [2.24, 2.45) is 4.99 Å². The number of nitrogens with zero attached hydrogens (tertiary/aromatic N) is 3. The molecule has 282 valence electrons. The molecule has 4 amide bonds. The summed E-state index contributed by atoms with van der Waals surface area (Å²) in [5.74, 6) is -1.28. The Morgan fingerprint density at radius 3 is 1.60 bits per heavy atom. The average Bonchev–Trinajstić information content (AvgIpc) is 3.45. The number of aliphatic imine (C=N–C) groups is 1. The Morgan fingerprint density at radius 2 is 1.13 bits per heavy atom. The number of nitrogens with one attached hydrogen (secondary N) is 1. The van der Waals surface area contributed by atoms with Crippen molar-refractivity contribution in [2.75, 3.05) is 6.54 Å². The van der Waals surface area contributed by atoms with Gasteiger partial charge in [-0.1, -0.05) is 91.0 Å². The monoisotopic (exact) mass is 730 g/mol. The summed E-state index contributed by atoms with van der Waals surface area (Å²) in [5.41, 5.74) is 0.175. The average molecular weight is 731 g/mol. The van der Waals surface area contributed by atoms with Gasteiger partial charge in [0, 0.05) is 6.42 Å². The van der Waals surface area contributed by atoms with Gasteiger partial charge < -0.3 is 29.0 Å². The van der Waals surface area contributed by atoms with Crippen LogP contribution in [0.2, 0.25) is 0 Å². The van der Waals surface area contributed by atoms with Crippen LogP contribution in [0, 0.1) is 0 Å². The zero-order valence-corrected chi connectivity index (χ0v) is 30.8. The first kappa shape index (κ1) is 39.9. The maximum absolute atomic E-state index is 14.0. The van der Waals surface area contributed by atoms with E-state index in [4.69, 9.17) is 23.7 Å². The number of ether oxygens (including phenoxy) is 5. The van der Waals surface area contributed by atoms with E-state index in [1.807, 2.05) is 12.1 Å². The molecule has 0 bridgehead atoms. The van der Waals surface area contributed by atoms with Crippen LogP contribution < -0.4 is 5.32 Å². The zero-order chi connectivity index (χ0) is 38.6. The highest BCUT2D eigenvalue weighted by atomic mass is 16.6. The lowest BCUT2D eigenvalue weighted by Crippen LogP contribution is -2.50. The van der Waals surface area contributed by atoms with Crippen LogP contribution in [-0.4, -0.2) is 75.9 Å². The summed E-state index contributed by atoms with van der Waals surface area (Å²) in [6.45, 7) is 9.22. The highest BCUT2D eigenvalue weighted by Crippen LogP contribution is 2.25. The van der Waals surface area contributed by atoms with E-state index in [0.717, 1.165) is 9.80 Å². The third-order valence-corrected chi connectivity index (χ3v) is 7.33. The molecule has 0 aromatic heterocycles. The summed E-state index contributed by atoms with van der Waals surface area (Å²) in [7, 11) is 0. The zero-order valence-electron chi connectivity index (χ0n) is 30.8. The molecule has 0 radical (unpaired) electrons. The Kier molecular flexibility index (Phi) is 13.6. The molecule has 14 heteroatoms. The molecule has 0 saturated carbocycles. The number of benzene rings is 3. The third kappa shape index (κ3) is 13.0. The first-order valence-corrected chi connectivity index (χ1v) is 17.1. The van der Waals surface area contributed by atoms with Gasteiger partial charge in [-0.3, -0.25) is 0 Å². The van der Waals surface area contributed by atoms with Gasteiger partial charge in [-0.2, -0.15) is 0 Å². The molecule has 1 N–H and O–H groups in total. The lowest BCUT2D eigenvalue weighted by Gasteiger charge is -2.29. The molecule has 2 atom stereocenters. The van der Waals surface area contributed by atoms with E-state index >= 15 is 0 Å². The van der Waals surface area contributed by atoms with Gasteiger partial charge >= 0.3 is 30.3 Å². The maximum atomic E-state index is 14.0. The van der Waals surface area contributed by atoms with Crippen molar-refractivity contribution in [3.63, 3.8) is 0 Å². The lowest BCUT2D eigenvalue weighted by atomic mass is 10.1. The first-order chi connectivity index (χ1) is 25.1. The fraction of sp³-hybridized carbons (Fsp3) is 0.385. The van der Waals surface area contributed by atoms with E-state index in [1.54, 1.807) is 120 Å². The number of rotatable bonds is 10. The summed E-state index contributed by atoms with van der Waals surface area (Å²) >= 11 is 0. The molecular formula is C39H46N4O10. The van der Waals surface area contributed by atoms with E-state index in [9.17, 15) is 24.0 Å². The predicted octanol–water partition coefficient (Wildman–Crippen LogP) is 6.96. The van der Waals surface area contributed by atoms with Gasteiger partial charge in [-0.15, -0.1) is 4.99 Å². The summed E-state index contributed by atoms with van der Waals surface area (Å²) in [6, 6.07) is 24.1. The number of amides is 4. The minimum atomic E-state index is -1.38. The van der Waals surface area contributed by atoms with E-state index < -0.39 is 59.6 Å². The van der Waals surface area contributed by atoms with Crippen molar-refractivity contribution in [3.8, 4) is 0 Å². The Labute approximate surface area is 309 Å². The lowest BCUT2D eigenvalue weighted by molar-refractivity contribution is -0.158. The summed E-state index contributed by atoms with van der Waals surface area (Å²) in [4.78, 5) is 73.5. The van der Waals surface area contributed by atoms with Crippen molar-refractivity contribution in [3.05, 3.63) is 108 Å². The number of esters is 1. The Hall–Kier alpha value is -5.92. The van der Waals surface area contributed by atoms with Crippen LogP contribution in [-0.2, 0) is 48.3 Å². The number of guanidine groups is 1. The number of carbonyl (C=O) groups excluding carboxylic acids is 5. The molecule has 53 heavy (non-hydrogen) atoms. The first-order valence-electron chi connectivity index (χ1n) is 17.1. The van der Waals surface area contributed by atoms with E-state index in [1.165, 1.54) is 0 Å². The molecule has 1 aliphatic heterocycles. The number of hydrogen-bond acceptors (Lipinski definition) is 10. The highest BCUT2D eigenvalue weighted by molar-refractivity contribution is 6.06. The summed E-state index contributed by atoms with van der Waals surface area (Å²) in [5, 5.41) is 2.54. The van der Waals surface area contributed by atoms with Crippen molar-refractivity contribution in [1.29, 1.82) is 0 Å². The van der Waals surface area contributed by atoms with Gasteiger partial charge in [-0.05, 0) is 58.2 Å². The highest BCUT2D eigenvalue weighted by Gasteiger charge is 2.47. The molecule has 14 nitrogen and oxygen atoms in total. The van der Waals surface area contributed by atoms with Crippen LogP contribution in [0.3, 0.4) is 0 Å². The largest absolute Gasteiger partial charge is 0.458 e. The Bertz CT molecular complexity index is 1740. The predicted molar refractivity (Wildman–Crippen MR) is 193 cm³/mol. The van der Waals surface area contributed by atoms with Gasteiger partial charge in [0.15, 0.2) is 0 Å². The van der Waals surface area contributed by atoms with Crippen LogP contribution in [0.25, 0.3) is 0 Å². The Morgan fingerprint density at radius 1 is 0.679 bits per heavy atom. The second kappa shape index (κ2) is 18.0. The van der Waals surface area contributed by atoms with Gasteiger partial charge in [0.2, 0.25) is 5.96 Å². The molecule has 0 aliphatic carbocycles. The molecule has 0 unspecified atom stereocenters. The smallest absolute Gasteiger partial charge is 0.437 e. The van der Waals surface area contributed by atoms with Crippen molar-refractivity contribution in [2.45, 2.75) is 91.1 Å². The summed E-state index contributed by atoms with van der Waals surface area (Å²) < 4.78 is 27.7. The second-order valence-electron chi connectivity index (χ2n) is 14.1. The second-order valence-corrected chi connectivity index (χ2v) is 14.1. The van der Waals surface area contributed by atoms with Gasteiger partial charge in [0.25, 0.3) is 0 Å². The third-order valence-electron chi connectivity index (χ3n) is 7.33. The minimum Gasteiger partial charge on any atom is -0.458 e. The van der Waals surface area contributed by atoms with Crippen LogP contribution in [0.15, 0.2) is 96.0 Å². The van der Waals surface area contributed by atoms with Crippen molar-refractivity contribution < 1.29 is 47.7 Å². The van der Waals surface area contributed by atoms with E-state index in [-0.39, 0.29) is 32.8 Å². The molecule has 1 fully saturated rings. The Balaban J connectivity index is 1.71. The van der Waals surface area contributed by atoms with Gasteiger partial charge in [-0.25, -0.2) is 33.8 Å². The van der Waals surface area contributed by atoms with E-state index in [0.29, 0.717) is 16.7 Å². The molecule has 3 aromatic carbocycles. The van der Waals surface area contributed by atoms with Gasteiger partial charge in [0.1, 0.15) is 37.1 Å². The maximum Gasteiger partial charge on any atom is 0.437 e. The van der Waals surface area contributed by atoms with Gasteiger partial charge in [0.05, 0.1) is 12.6 Å². The van der Waals surface area contributed by atoms with Crippen molar-refractivity contribution >= 4 is 36.3 Å².